The minimum Gasteiger partial charge on any atom is -0.507 e. The summed E-state index contributed by atoms with van der Waals surface area (Å²) < 4.78 is 4.97. The minimum atomic E-state index is -0.815. The first kappa shape index (κ1) is 14.2. The van der Waals surface area contributed by atoms with Crippen LogP contribution in [0.4, 0.5) is 0 Å². The van der Waals surface area contributed by atoms with E-state index in [-0.39, 0.29) is 23.1 Å². The van der Waals surface area contributed by atoms with Gasteiger partial charge in [0, 0.05) is 19.2 Å². The number of hydrogen-bond acceptors (Lipinski definition) is 4. The van der Waals surface area contributed by atoms with Crippen molar-refractivity contribution in [3.8, 4) is 11.5 Å². The quantitative estimate of drug-likeness (QED) is 0.871. The zero-order valence-electron chi connectivity index (χ0n) is 11.2. The van der Waals surface area contributed by atoms with Crippen LogP contribution in [0, 0.1) is 5.92 Å². The molecule has 0 saturated carbocycles. The van der Waals surface area contributed by atoms with E-state index in [1.54, 1.807) is 11.0 Å². The maximum atomic E-state index is 12.3. The number of carbonyl (C=O) groups excluding carboxylic acids is 1. The summed E-state index contributed by atoms with van der Waals surface area (Å²) in [5.41, 5.74) is 0.208. The number of piperidine rings is 1. The molecule has 0 aliphatic carbocycles. The molecule has 2 N–H and O–H groups in total. The van der Waals surface area contributed by atoms with Gasteiger partial charge in [-0.15, -0.1) is 0 Å². The molecule has 6 heteroatoms. The van der Waals surface area contributed by atoms with Gasteiger partial charge >= 0.3 is 5.97 Å². The lowest BCUT2D eigenvalue weighted by Crippen LogP contribution is -2.40. The number of phenols is 1. The van der Waals surface area contributed by atoms with Gasteiger partial charge in [0.1, 0.15) is 11.5 Å². The summed E-state index contributed by atoms with van der Waals surface area (Å²) in [6, 6.07) is 4.51. The van der Waals surface area contributed by atoms with Gasteiger partial charge in [0.2, 0.25) is 0 Å². The fraction of sp³-hybridized carbons (Fsp3) is 0.429. The number of ether oxygens (including phenoxy) is 1. The van der Waals surface area contributed by atoms with Crippen molar-refractivity contribution in [2.75, 3.05) is 20.2 Å². The van der Waals surface area contributed by atoms with E-state index in [0.717, 1.165) is 0 Å². The molecule has 0 radical (unpaired) electrons. The molecule has 1 saturated heterocycles. The van der Waals surface area contributed by atoms with Crippen molar-refractivity contribution in [1.29, 1.82) is 0 Å². The Labute approximate surface area is 116 Å². The van der Waals surface area contributed by atoms with Crippen molar-refractivity contribution in [2.24, 2.45) is 5.92 Å². The highest BCUT2D eigenvalue weighted by Crippen LogP contribution is 2.26. The molecule has 1 aliphatic heterocycles. The van der Waals surface area contributed by atoms with E-state index in [4.69, 9.17) is 9.84 Å². The van der Waals surface area contributed by atoms with Gasteiger partial charge in [-0.05, 0) is 25.0 Å². The van der Waals surface area contributed by atoms with Gasteiger partial charge in [-0.1, -0.05) is 0 Å². The molecule has 0 atom stereocenters. The van der Waals surface area contributed by atoms with Crippen LogP contribution < -0.4 is 4.74 Å². The highest BCUT2D eigenvalue weighted by Gasteiger charge is 2.28. The molecule has 1 amide bonds. The number of rotatable bonds is 3. The second-order valence-corrected chi connectivity index (χ2v) is 4.79. The SMILES string of the molecule is COc1ccc(C(=O)N2CCC(C(=O)O)CC2)c(O)c1. The number of phenolic OH excluding ortho intramolecular Hbond substituents is 1. The van der Waals surface area contributed by atoms with Crippen LogP contribution >= 0.6 is 0 Å². The molecule has 2 rings (SSSR count). The molecule has 0 unspecified atom stereocenters. The van der Waals surface area contributed by atoms with E-state index in [2.05, 4.69) is 0 Å². The number of benzene rings is 1. The predicted octanol–water partition coefficient (Wildman–Crippen LogP) is 1.34. The fourth-order valence-corrected chi connectivity index (χ4v) is 2.32. The highest BCUT2D eigenvalue weighted by molar-refractivity contribution is 5.97. The van der Waals surface area contributed by atoms with Crippen molar-refractivity contribution in [1.82, 2.24) is 4.90 Å². The number of amides is 1. The number of carboxylic acid groups (broad SMARTS) is 1. The molecule has 6 nitrogen and oxygen atoms in total. The summed E-state index contributed by atoms with van der Waals surface area (Å²) in [5, 5.41) is 18.8. The Morgan fingerprint density at radius 3 is 2.45 bits per heavy atom. The smallest absolute Gasteiger partial charge is 0.306 e. The van der Waals surface area contributed by atoms with Gasteiger partial charge in [-0.2, -0.15) is 0 Å². The second kappa shape index (κ2) is 5.81. The lowest BCUT2D eigenvalue weighted by Gasteiger charge is -2.30. The minimum absolute atomic E-state index is 0.130. The zero-order chi connectivity index (χ0) is 14.7. The third-order valence-corrected chi connectivity index (χ3v) is 3.57. The maximum absolute atomic E-state index is 12.3. The topological polar surface area (TPSA) is 87.1 Å². The van der Waals surface area contributed by atoms with Crippen LogP contribution in [0.25, 0.3) is 0 Å². The second-order valence-electron chi connectivity index (χ2n) is 4.79. The normalized spacial score (nSPS) is 15.9. The number of likely N-dealkylation sites (tertiary alicyclic amines) is 1. The largest absolute Gasteiger partial charge is 0.507 e. The fourth-order valence-electron chi connectivity index (χ4n) is 2.32. The number of aliphatic carboxylic acids is 1. The Bertz CT molecular complexity index is 520. The first-order chi connectivity index (χ1) is 9.52. The van der Waals surface area contributed by atoms with Gasteiger partial charge in [0.25, 0.3) is 5.91 Å². The lowest BCUT2D eigenvalue weighted by molar-refractivity contribution is -0.143. The van der Waals surface area contributed by atoms with Crippen LogP contribution in [0.2, 0.25) is 0 Å². The average molecular weight is 279 g/mol. The molecular formula is C14H17NO5. The Hall–Kier alpha value is -2.24. The monoisotopic (exact) mass is 279 g/mol. The molecule has 0 bridgehead atoms. The van der Waals surface area contributed by atoms with Crippen LogP contribution in [0.5, 0.6) is 11.5 Å². The first-order valence-electron chi connectivity index (χ1n) is 6.42. The number of hydrogen-bond donors (Lipinski definition) is 2. The van der Waals surface area contributed by atoms with E-state index in [1.807, 2.05) is 0 Å². The Balaban J connectivity index is 2.07. The Morgan fingerprint density at radius 2 is 1.95 bits per heavy atom. The molecule has 0 spiro atoms. The van der Waals surface area contributed by atoms with Crippen molar-refractivity contribution in [3.05, 3.63) is 23.8 Å². The van der Waals surface area contributed by atoms with E-state index in [9.17, 15) is 14.7 Å². The molecule has 1 aromatic rings. The Morgan fingerprint density at radius 1 is 1.30 bits per heavy atom. The zero-order valence-corrected chi connectivity index (χ0v) is 11.2. The third-order valence-electron chi connectivity index (χ3n) is 3.57. The standard InChI is InChI=1S/C14H17NO5/c1-20-10-2-3-11(12(16)8-10)13(17)15-6-4-9(5-7-15)14(18)19/h2-3,8-9,16H,4-7H2,1H3,(H,18,19). The molecular weight excluding hydrogens is 262 g/mol. The molecule has 108 valence electrons. The molecule has 1 fully saturated rings. The van der Waals surface area contributed by atoms with E-state index < -0.39 is 5.97 Å². The van der Waals surface area contributed by atoms with Crippen LogP contribution in [0.3, 0.4) is 0 Å². The summed E-state index contributed by atoms with van der Waals surface area (Å²) in [6.45, 7) is 0.780. The van der Waals surface area contributed by atoms with E-state index in [1.165, 1.54) is 19.2 Å². The molecule has 1 aliphatic rings. The number of nitrogens with zero attached hydrogens (tertiary/aromatic N) is 1. The van der Waals surface area contributed by atoms with Crippen molar-refractivity contribution in [3.63, 3.8) is 0 Å². The van der Waals surface area contributed by atoms with Crippen LogP contribution in [-0.4, -0.2) is 47.2 Å². The van der Waals surface area contributed by atoms with E-state index >= 15 is 0 Å². The summed E-state index contributed by atoms with van der Waals surface area (Å²) in [7, 11) is 1.48. The van der Waals surface area contributed by atoms with Gasteiger partial charge in [-0.3, -0.25) is 9.59 Å². The van der Waals surface area contributed by atoms with E-state index in [0.29, 0.717) is 31.7 Å². The summed E-state index contributed by atoms with van der Waals surface area (Å²) in [4.78, 5) is 24.7. The maximum Gasteiger partial charge on any atom is 0.306 e. The predicted molar refractivity (Wildman–Crippen MR) is 70.9 cm³/mol. The van der Waals surface area contributed by atoms with Crippen molar-refractivity contribution in [2.45, 2.75) is 12.8 Å². The summed E-state index contributed by atoms with van der Waals surface area (Å²) in [6.07, 6.45) is 0.885. The summed E-state index contributed by atoms with van der Waals surface area (Å²) >= 11 is 0. The number of methoxy groups -OCH3 is 1. The Kier molecular flexibility index (Phi) is 4.12. The van der Waals surface area contributed by atoms with Crippen molar-refractivity contribution < 1.29 is 24.5 Å². The number of carbonyl (C=O) groups is 2. The lowest BCUT2D eigenvalue weighted by atomic mass is 9.96. The van der Waals surface area contributed by atoms with Crippen molar-refractivity contribution >= 4 is 11.9 Å². The number of carboxylic acids is 1. The van der Waals surface area contributed by atoms with Gasteiger partial charge < -0.3 is 19.8 Å². The van der Waals surface area contributed by atoms with Gasteiger partial charge in [0.15, 0.2) is 0 Å². The van der Waals surface area contributed by atoms with Crippen LogP contribution in [-0.2, 0) is 4.79 Å². The summed E-state index contributed by atoms with van der Waals surface area (Å²) in [5.74, 6) is -1.14. The van der Waals surface area contributed by atoms with Gasteiger partial charge in [-0.25, -0.2) is 0 Å². The molecule has 0 aromatic heterocycles. The molecule has 1 aromatic carbocycles. The first-order valence-corrected chi connectivity index (χ1v) is 6.42. The van der Waals surface area contributed by atoms with Crippen LogP contribution in [0.15, 0.2) is 18.2 Å². The highest BCUT2D eigenvalue weighted by atomic mass is 16.5. The van der Waals surface area contributed by atoms with Crippen LogP contribution in [0.1, 0.15) is 23.2 Å². The third kappa shape index (κ3) is 2.84. The molecule has 20 heavy (non-hydrogen) atoms. The number of aromatic hydroxyl groups is 1. The molecule has 1 heterocycles. The average Bonchev–Trinajstić information content (AvgIpc) is 2.46. The van der Waals surface area contributed by atoms with Gasteiger partial charge in [0.05, 0.1) is 18.6 Å².